The average Bonchev–Trinajstić information content (AvgIpc) is 3.31. The lowest BCUT2D eigenvalue weighted by atomic mass is 9.77. The fraction of sp³-hybridized carbons (Fsp3) is 0.333. The van der Waals surface area contributed by atoms with Gasteiger partial charge in [-0.1, -0.05) is 99.5 Å². The molecule has 0 unspecified atom stereocenters. The fourth-order valence-corrected chi connectivity index (χ4v) is 7.96. The van der Waals surface area contributed by atoms with Crippen LogP contribution in [0.1, 0.15) is 73.9 Å². The van der Waals surface area contributed by atoms with Crippen LogP contribution in [-0.2, 0) is 25.7 Å². The molecule has 0 nitrogen and oxygen atoms in total. The van der Waals surface area contributed by atoms with Crippen LogP contribution in [0.3, 0.4) is 0 Å². The van der Waals surface area contributed by atoms with Gasteiger partial charge in [0.05, 0.1) is 0 Å². The van der Waals surface area contributed by atoms with Crippen molar-refractivity contribution in [3.05, 3.63) is 94.4 Å². The third-order valence-corrected chi connectivity index (χ3v) is 9.62. The van der Waals surface area contributed by atoms with Gasteiger partial charge in [0.25, 0.3) is 0 Å². The van der Waals surface area contributed by atoms with Gasteiger partial charge in [0.1, 0.15) is 0 Å². The molecule has 37 heavy (non-hydrogen) atoms. The Morgan fingerprint density at radius 2 is 1.19 bits per heavy atom. The molecule has 5 aromatic rings. The van der Waals surface area contributed by atoms with Gasteiger partial charge in [-0.25, -0.2) is 0 Å². The van der Waals surface area contributed by atoms with Gasteiger partial charge in [0.2, 0.25) is 0 Å². The first-order valence-corrected chi connectivity index (χ1v) is 15.3. The van der Waals surface area contributed by atoms with Crippen molar-refractivity contribution in [1.29, 1.82) is 0 Å². The Bertz CT molecular complexity index is 1520. The Balaban J connectivity index is 1.77. The first-order chi connectivity index (χ1) is 18.3. The van der Waals surface area contributed by atoms with Crippen molar-refractivity contribution >= 4 is 32.2 Å². The summed E-state index contributed by atoms with van der Waals surface area (Å²) in [5, 5.41) is 4.47. The number of hydrogen-bond donors (Lipinski definition) is 0. The molecule has 0 aliphatic heterocycles. The fourth-order valence-electron chi connectivity index (χ4n) is 6.51. The SMILES string of the molecule is CCCCc1sc2c(ccc3c(-c4ccccc4)c4c(c(-c5ccccc5)c32)CCCC4)c1CCCC. The van der Waals surface area contributed by atoms with Crippen LogP contribution in [0.15, 0.2) is 72.8 Å². The maximum absolute atomic E-state index is 2.48. The maximum atomic E-state index is 2.48. The summed E-state index contributed by atoms with van der Waals surface area (Å²) in [6.07, 6.45) is 12.4. The molecule has 0 N–H and O–H groups in total. The molecule has 0 spiro atoms. The van der Waals surface area contributed by atoms with Gasteiger partial charge < -0.3 is 0 Å². The van der Waals surface area contributed by atoms with E-state index in [9.17, 15) is 0 Å². The predicted molar refractivity (Wildman–Crippen MR) is 164 cm³/mol. The van der Waals surface area contributed by atoms with Gasteiger partial charge in [-0.2, -0.15) is 0 Å². The Hall–Kier alpha value is -2.90. The molecule has 0 saturated carbocycles. The van der Waals surface area contributed by atoms with Crippen molar-refractivity contribution in [3.8, 4) is 22.3 Å². The second kappa shape index (κ2) is 10.8. The zero-order chi connectivity index (χ0) is 25.2. The van der Waals surface area contributed by atoms with Gasteiger partial charge in [0, 0.05) is 15.0 Å². The maximum Gasteiger partial charge on any atom is 0.0433 e. The highest BCUT2D eigenvalue weighted by Crippen LogP contribution is 2.49. The largest absolute Gasteiger partial charge is 0.139 e. The van der Waals surface area contributed by atoms with Gasteiger partial charge >= 0.3 is 0 Å². The van der Waals surface area contributed by atoms with Gasteiger partial charge in [-0.15, -0.1) is 11.3 Å². The molecule has 0 atom stereocenters. The Labute approximate surface area is 226 Å². The Kier molecular flexibility index (Phi) is 7.16. The lowest BCUT2D eigenvalue weighted by Gasteiger charge is -2.26. The summed E-state index contributed by atoms with van der Waals surface area (Å²) in [5.41, 5.74) is 10.6. The standard InChI is InChI=1S/C36H38S/c1-3-5-19-27-30-23-24-31-33(25-15-9-7-10-16-25)28-20-13-14-21-29(28)34(26-17-11-8-12-18-26)35(31)36(30)37-32(27)22-6-4-2/h7-12,15-18,23-24H,3-6,13-14,19-22H2,1-2H3. The number of unbranched alkanes of at least 4 members (excludes halogenated alkanes) is 2. The molecule has 4 aromatic carbocycles. The monoisotopic (exact) mass is 502 g/mol. The van der Waals surface area contributed by atoms with Gasteiger partial charge in [-0.05, 0) is 101 Å². The van der Waals surface area contributed by atoms with Crippen molar-refractivity contribution in [2.75, 3.05) is 0 Å². The summed E-state index contributed by atoms with van der Waals surface area (Å²) in [6.45, 7) is 4.64. The smallest absolute Gasteiger partial charge is 0.0433 e. The summed E-state index contributed by atoms with van der Waals surface area (Å²) in [4.78, 5) is 1.63. The van der Waals surface area contributed by atoms with E-state index in [2.05, 4.69) is 98.0 Å². The number of fused-ring (bicyclic) bond motifs is 4. The molecule has 1 aliphatic rings. The summed E-state index contributed by atoms with van der Waals surface area (Å²) in [5.74, 6) is 0. The lowest BCUT2D eigenvalue weighted by molar-refractivity contribution is 0.689. The molecule has 188 valence electrons. The molecule has 0 bridgehead atoms. The van der Waals surface area contributed by atoms with E-state index >= 15 is 0 Å². The molecule has 0 fully saturated rings. The number of rotatable bonds is 8. The van der Waals surface area contributed by atoms with Crippen molar-refractivity contribution in [2.45, 2.75) is 78.1 Å². The minimum Gasteiger partial charge on any atom is -0.139 e. The Morgan fingerprint density at radius 3 is 1.84 bits per heavy atom. The van der Waals surface area contributed by atoms with Crippen molar-refractivity contribution in [3.63, 3.8) is 0 Å². The minimum atomic E-state index is 1.18. The highest BCUT2D eigenvalue weighted by molar-refractivity contribution is 7.20. The zero-order valence-corrected chi connectivity index (χ0v) is 23.2. The number of aryl methyl sites for hydroxylation is 2. The molecular formula is C36H38S. The first kappa shape index (κ1) is 24.4. The molecule has 0 radical (unpaired) electrons. The minimum absolute atomic E-state index is 1.18. The summed E-state index contributed by atoms with van der Waals surface area (Å²) in [6, 6.07) is 27.4. The van der Waals surface area contributed by atoms with E-state index in [0.29, 0.717) is 0 Å². The highest BCUT2D eigenvalue weighted by Gasteiger charge is 2.26. The molecular weight excluding hydrogens is 464 g/mol. The van der Waals surface area contributed by atoms with Crippen LogP contribution in [-0.4, -0.2) is 0 Å². The number of thiophene rings is 1. The quantitative estimate of drug-likeness (QED) is 0.198. The molecule has 1 heteroatoms. The van der Waals surface area contributed by atoms with Crippen LogP contribution >= 0.6 is 11.3 Å². The topological polar surface area (TPSA) is 0 Å². The van der Waals surface area contributed by atoms with Gasteiger partial charge in [-0.3, -0.25) is 0 Å². The second-order valence-corrected chi connectivity index (χ2v) is 11.8. The van der Waals surface area contributed by atoms with Crippen molar-refractivity contribution in [2.24, 2.45) is 0 Å². The van der Waals surface area contributed by atoms with Gasteiger partial charge in [0.15, 0.2) is 0 Å². The molecule has 0 saturated heterocycles. The van der Waals surface area contributed by atoms with Crippen LogP contribution in [0.2, 0.25) is 0 Å². The first-order valence-electron chi connectivity index (χ1n) is 14.5. The third kappa shape index (κ3) is 4.42. The van der Waals surface area contributed by atoms with E-state index in [0.717, 1.165) is 0 Å². The third-order valence-electron chi connectivity index (χ3n) is 8.30. The molecule has 1 aromatic heterocycles. The Morgan fingerprint density at radius 1 is 0.622 bits per heavy atom. The van der Waals surface area contributed by atoms with Crippen LogP contribution in [0.4, 0.5) is 0 Å². The lowest BCUT2D eigenvalue weighted by Crippen LogP contribution is -2.08. The molecule has 1 heterocycles. The van der Waals surface area contributed by atoms with E-state index < -0.39 is 0 Å². The van der Waals surface area contributed by atoms with E-state index in [4.69, 9.17) is 0 Å². The van der Waals surface area contributed by atoms with E-state index in [1.54, 1.807) is 21.6 Å². The van der Waals surface area contributed by atoms with Crippen LogP contribution < -0.4 is 0 Å². The van der Waals surface area contributed by atoms with Crippen LogP contribution in [0, 0.1) is 0 Å². The van der Waals surface area contributed by atoms with Crippen molar-refractivity contribution < 1.29 is 0 Å². The van der Waals surface area contributed by atoms with E-state index in [1.165, 1.54) is 107 Å². The van der Waals surface area contributed by atoms with Crippen molar-refractivity contribution in [1.82, 2.24) is 0 Å². The summed E-state index contributed by atoms with van der Waals surface area (Å²) >= 11 is 2.11. The highest BCUT2D eigenvalue weighted by atomic mass is 32.1. The molecule has 6 rings (SSSR count). The zero-order valence-electron chi connectivity index (χ0n) is 22.4. The number of hydrogen-bond acceptors (Lipinski definition) is 1. The van der Waals surface area contributed by atoms with Crippen LogP contribution in [0.5, 0.6) is 0 Å². The second-order valence-electron chi connectivity index (χ2n) is 10.7. The summed E-state index contributed by atoms with van der Waals surface area (Å²) in [7, 11) is 0. The predicted octanol–water partition coefficient (Wildman–Crippen LogP) is 11.0. The normalized spacial score (nSPS) is 13.4. The van der Waals surface area contributed by atoms with E-state index in [1.807, 2.05) is 0 Å². The molecule has 1 aliphatic carbocycles. The van der Waals surface area contributed by atoms with Crippen LogP contribution in [0.25, 0.3) is 43.1 Å². The van der Waals surface area contributed by atoms with E-state index in [-0.39, 0.29) is 0 Å². The average molecular weight is 503 g/mol. The number of benzene rings is 4. The summed E-state index contributed by atoms with van der Waals surface area (Å²) < 4.78 is 1.53. The molecule has 0 amide bonds.